The molecular weight excluding hydrogens is 427 g/mol. The zero-order valence-corrected chi connectivity index (χ0v) is 18.3. The second kappa shape index (κ2) is 8.49. The number of nitrogens with zero attached hydrogens (tertiary/aromatic N) is 4. The van der Waals surface area contributed by atoms with Gasteiger partial charge in [-0.05, 0) is 35.9 Å². The lowest BCUT2D eigenvalue weighted by Crippen LogP contribution is -2.30. The Morgan fingerprint density at radius 2 is 2.07 bits per heavy atom. The van der Waals surface area contributed by atoms with Gasteiger partial charge in [0.2, 0.25) is 5.28 Å². The molecule has 156 valence electrons. The van der Waals surface area contributed by atoms with Crippen molar-refractivity contribution in [3.05, 3.63) is 59.2 Å². The first-order valence-corrected chi connectivity index (χ1v) is 10.2. The summed E-state index contributed by atoms with van der Waals surface area (Å²) in [6, 6.07) is 6.00. The number of rotatable bonds is 5. The van der Waals surface area contributed by atoms with E-state index < -0.39 is 11.9 Å². The average Bonchev–Trinajstić information content (AvgIpc) is 3.12. The predicted octanol–water partition coefficient (Wildman–Crippen LogP) is 6.03. The highest BCUT2D eigenvalue weighted by atomic mass is 35.5. The van der Waals surface area contributed by atoms with Crippen LogP contribution in [0.3, 0.4) is 0 Å². The van der Waals surface area contributed by atoms with Crippen LogP contribution in [0.25, 0.3) is 21.8 Å². The van der Waals surface area contributed by atoms with Gasteiger partial charge in [-0.15, -0.1) is 17.9 Å². The number of carboxylic acid groups (broad SMARTS) is 1. The van der Waals surface area contributed by atoms with Crippen molar-refractivity contribution in [1.82, 2.24) is 15.0 Å². The van der Waals surface area contributed by atoms with Crippen molar-refractivity contribution in [2.45, 2.75) is 26.2 Å². The van der Waals surface area contributed by atoms with Crippen molar-refractivity contribution in [2.24, 2.45) is 0 Å². The Morgan fingerprint density at radius 1 is 1.33 bits per heavy atom. The van der Waals surface area contributed by atoms with Gasteiger partial charge < -0.3 is 5.11 Å². The van der Waals surface area contributed by atoms with E-state index in [0.29, 0.717) is 17.0 Å². The molecule has 0 fully saturated rings. The summed E-state index contributed by atoms with van der Waals surface area (Å²) in [5.74, 6) is -0.652. The van der Waals surface area contributed by atoms with Crippen molar-refractivity contribution in [1.29, 1.82) is 0 Å². The minimum atomic E-state index is -1.28. The Morgan fingerprint density at radius 3 is 2.67 bits per heavy atom. The molecule has 2 aromatic heterocycles. The molecular formula is C21H20ClFN4O2S. The minimum Gasteiger partial charge on any atom is -0.465 e. The lowest BCUT2D eigenvalue weighted by atomic mass is 9.98. The predicted molar refractivity (Wildman–Crippen MR) is 118 cm³/mol. The van der Waals surface area contributed by atoms with Gasteiger partial charge >= 0.3 is 6.09 Å². The summed E-state index contributed by atoms with van der Waals surface area (Å²) < 4.78 is 14.5. The lowest BCUT2D eigenvalue weighted by molar-refractivity contribution is 0.202. The first-order chi connectivity index (χ1) is 14.1. The zero-order chi connectivity index (χ0) is 22.1. The number of thiazole rings is 1. The van der Waals surface area contributed by atoms with E-state index >= 15 is 0 Å². The van der Waals surface area contributed by atoms with Gasteiger partial charge in [0.05, 0.1) is 27.0 Å². The van der Waals surface area contributed by atoms with Gasteiger partial charge in [-0.1, -0.05) is 26.8 Å². The molecule has 9 heteroatoms. The number of halogens is 2. The Balaban J connectivity index is 2.22. The van der Waals surface area contributed by atoms with Crippen LogP contribution in [-0.2, 0) is 5.41 Å². The largest absolute Gasteiger partial charge is 0.465 e. The van der Waals surface area contributed by atoms with E-state index in [2.05, 4.69) is 16.5 Å². The first-order valence-electron chi connectivity index (χ1n) is 9.03. The maximum atomic E-state index is 14.5. The number of benzene rings is 1. The van der Waals surface area contributed by atoms with Gasteiger partial charge in [0.15, 0.2) is 0 Å². The lowest BCUT2D eigenvalue weighted by Gasteiger charge is -2.19. The SMILES string of the molecule is C=CCN(C(=O)O)c1cc(-c2nc(C(C)(C)C)sc2-c2ccnc(Cl)n2)ccc1F. The molecule has 1 aromatic carbocycles. The van der Waals surface area contributed by atoms with Gasteiger partial charge in [0.25, 0.3) is 0 Å². The fourth-order valence-corrected chi connectivity index (χ4v) is 4.01. The summed E-state index contributed by atoms with van der Waals surface area (Å²) in [6.45, 7) is 9.62. The number of carbonyl (C=O) groups is 1. The van der Waals surface area contributed by atoms with Crippen molar-refractivity contribution < 1.29 is 14.3 Å². The van der Waals surface area contributed by atoms with Crippen molar-refractivity contribution in [3.63, 3.8) is 0 Å². The second-order valence-electron chi connectivity index (χ2n) is 7.51. The number of hydrogen-bond donors (Lipinski definition) is 1. The third-order valence-corrected chi connectivity index (χ3v) is 5.87. The summed E-state index contributed by atoms with van der Waals surface area (Å²) in [5, 5.41) is 10.4. The number of anilines is 1. The normalized spacial score (nSPS) is 11.4. The maximum Gasteiger partial charge on any atom is 0.412 e. The second-order valence-corrected chi connectivity index (χ2v) is 8.84. The van der Waals surface area contributed by atoms with Crippen LogP contribution in [0.2, 0.25) is 5.28 Å². The Bertz CT molecular complexity index is 1110. The summed E-state index contributed by atoms with van der Waals surface area (Å²) in [5.41, 5.74) is 1.43. The van der Waals surface area contributed by atoms with Crippen LogP contribution in [0.5, 0.6) is 0 Å². The van der Waals surface area contributed by atoms with E-state index in [-0.39, 0.29) is 22.9 Å². The van der Waals surface area contributed by atoms with Crippen LogP contribution in [0.1, 0.15) is 25.8 Å². The highest BCUT2D eigenvalue weighted by Crippen LogP contribution is 2.41. The van der Waals surface area contributed by atoms with Gasteiger partial charge in [-0.25, -0.2) is 24.1 Å². The van der Waals surface area contributed by atoms with Crippen LogP contribution >= 0.6 is 22.9 Å². The molecule has 6 nitrogen and oxygen atoms in total. The fourth-order valence-electron chi connectivity index (χ4n) is 2.75. The van der Waals surface area contributed by atoms with E-state index in [1.54, 1.807) is 18.3 Å². The van der Waals surface area contributed by atoms with Crippen LogP contribution in [0.4, 0.5) is 14.9 Å². The Labute approximate surface area is 182 Å². The molecule has 1 N–H and O–H groups in total. The number of hydrogen-bond acceptors (Lipinski definition) is 5. The van der Waals surface area contributed by atoms with Gasteiger partial charge in [-0.2, -0.15) is 0 Å². The molecule has 0 atom stereocenters. The van der Waals surface area contributed by atoms with Crippen molar-refractivity contribution >= 4 is 34.7 Å². The summed E-state index contributed by atoms with van der Waals surface area (Å²) in [6.07, 6.45) is 1.68. The summed E-state index contributed by atoms with van der Waals surface area (Å²) in [7, 11) is 0. The van der Waals surface area contributed by atoms with Crippen LogP contribution in [0.15, 0.2) is 43.1 Å². The molecule has 2 heterocycles. The quantitative estimate of drug-likeness (QED) is 0.382. The molecule has 0 unspecified atom stereocenters. The van der Waals surface area contributed by atoms with E-state index in [4.69, 9.17) is 16.6 Å². The molecule has 0 saturated heterocycles. The monoisotopic (exact) mass is 446 g/mol. The van der Waals surface area contributed by atoms with Gasteiger partial charge in [0.1, 0.15) is 5.82 Å². The molecule has 0 aliphatic carbocycles. The van der Waals surface area contributed by atoms with Crippen LogP contribution in [0, 0.1) is 5.82 Å². The van der Waals surface area contributed by atoms with E-state index in [1.807, 2.05) is 20.8 Å². The third-order valence-electron chi connectivity index (χ3n) is 4.18. The van der Waals surface area contributed by atoms with Crippen molar-refractivity contribution in [2.75, 3.05) is 11.4 Å². The minimum absolute atomic E-state index is 0.0472. The van der Waals surface area contributed by atoms with Crippen LogP contribution < -0.4 is 4.90 Å². The fraction of sp³-hybridized carbons (Fsp3) is 0.238. The third kappa shape index (κ3) is 4.49. The standard InChI is InChI=1S/C21H20ClFN4O2S/c1-5-10-27(20(28)29)15-11-12(6-7-13(15)23)16-17(14-8-9-24-19(22)25-14)30-18(26-16)21(2,3)4/h5-9,11H,1,10H2,2-4H3,(H,28,29). The highest BCUT2D eigenvalue weighted by Gasteiger charge is 2.25. The Hall–Kier alpha value is -2.84. The molecule has 3 rings (SSSR count). The first kappa shape index (κ1) is 21.9. The number of amides is 1. The van der Waals surface area contributed by atoms with E-state index in [9.17, 15) is 14.3 Å². The molecule has 0 bridgehead atoms. The molecule has 0 radical (unpaired) electrons. The van der Waals surface area contributed by atoms with Crippen molar-refractivity contribution in [3.8, 4) is 21.8 Å². The molecule has 30 heavy (non-hydrogen) atoms. The molecule has 3 aromatic rings. The van der Waals surface area contributed by atoms with E-state index in [1.165, 1.54) is 29.5 Å². The topological polar surface area (TPSA) is 79.2 Å². The summed E-state index contributed by atoms with van der Waals surface area (Å²) >= 11 is 7.44. The molecule has 1 amide bonds. The Kier molecular flexibility index (Phi) is 6.19. The zero-order valence-electron chi connectivity index (χ0n) is 16.7. The molecule has 0 spiro atoms. The maximum absolute atomic E-state index is 14.5. The van der Waals surface area contributed by atoms with Gasteiger partial charge in [0, 0.05) is 23.7 Å². The van der Waals surface area contributed by atoms with Gasteiger partial charge in [-0.3, -0.25) is 4.90 Å². The number of aromatic nitrogens is 3. The summed E-state index contributed by atoms with van der Waals surface area (Å²) in [4.78, 5) is 26.2. The van der Waals surface area contributed by atoms with Crippen LogP contribution in [-0.4, -0.2) is 32.7 Å². The average molecular weight is 447 g/mol. The molecule has 0 saturated carbocycles. The smallest absolute Gasteiger partial charge is 0.412 e. The molecule has 0 aliphatic heterocycles. The molecule has 0 aliphatic rings. The highest BCUT2D eigenvalue weighted by molar-refractivity contribution is 7.15. The van der Waals surface area contributed by atoms with E-state index in [0.717, 1.165) is 14.8 Å².